The number of imide groups is 1. The van der Waals surface area contributed by atoms with Gasteiger partial charge in [0, 0.05) is 26.0 Å². The summed E-state index contributed by atoms with van der Waals surface area (Å²) in [6.45, 7) is 1.75. The molecule has 11 heteroatoms. The predicted molar refractivity (Wildman–Crippen MR) is 161 cm³/mol. The van der Waals surface area contributed by atoms with Gasteiger partial charge in [0.1, 0.15) is 11.8 Å². The van der Waals surface area contributed by atoms with Crippen molar-refractivity contribution in [3.05, 3.63) is 108 Å². The number of aryl methyl sites for hydroxylation is 1. The highest BCUT2D eigenvalue weighted by atomic mass is 79.9. The molecular formula is C29H21BrClN3O4S2. The number of hydrogen-bond acceptors (Lipinski definition) is 6. The highest BCUT2D eigenvalue weighted by Crippen LogP contribution is 2.54. The number of benzene rings is 3. The number of nitrogens with zero attached hydrogens (tertiary/aromatic N) is 2. The molecule has 3 aromatic carbocycles. The molecule has 40 heavy (non-hydrogen) atoms. The van der Waals surface area contributed by atoms with Crippen molar-refractivity contribution < 1.29 is 14.4 Å². The van der Waals surface area contributed by atoms with Gasteiger partial charge in [-0.25, -0.2) is 4.90 Å². The molecule has 3 heterocycles. The van der Waals surface area contributed by atoms with Crippen LogP contribution in [0.25, 0.3) is 0 Å². The van der Waals surface area contributed by atoms with Crippen LogP contribution in [0.15, 0.2) is 87.1 Å². The van der Waals surface area contributed by atoms with Crippen LogP contribution in [-0.2, 0) is 20.9 Å². The van der Waals surface area contributed by atoms with Crippen molar-refractivity contribution in [2.75, 3.05) is 10.2 Å². The van der Waals surface area contributed by atoms with Crippen LogP contribution in [0.2, 0.25) is 5.02 Å². The summed E-state index contributed by atoms with van der Waals surface area (Å²) in [5, 5.41) is 3.12. The number of nitrogens with one attached hydrogen (secondary N) is 1. The van der Waals surface area contributed by atoms with Gasteiger partial charge in [-0.1, -0.05) is 80.5 Å². The van der Waals surface area contributed by atoms with E-state index in [1.807, 2.05) is 43.3 Å². The number of thioether (sulfide) groups is 1. The summed E-state index contributed by atoms with van der Waals surface area (Å²) in [4.78, 5) is 55.5. The molecule has 1 saturated heterocycles. The molecule has 6 rings (SSSR count). The minimum absolute atomic E-state index is 0.209. The Morgan fingerprint density at radius 2 is 1.62 bits per heavy atom. The van der Waals surface area contributed by atoms with Crippen molar-refractivity contribution in [1.82, 2.24) is 4.57 Å². The van der Waals surface area contributed by atoms with E-state index in [2.05, 4.69) is 21.2 Å². The lowest BCUT2D eigenvalue weighted by Crippen LogP contribution is -2.33. The number of fused-ring (bicyclic) bond motifs is 2. The first-order valence-corrected chi connectivity index (χ1v) is 15.2. The maximum absolute atomic E-state index is 13.9. The van der Waals surface area contributed by atoms with Crippen molar-refractivity contribution in [2.24, 2.45) is 5.92 Å². The van der Waals surface area contributed by atoms with E-state index in [0.717, 1.165) is 26.9 Å². The molecule has 0 spiro atoms. The zero-order chi connectivity index (χ0) is 28.1. The first kappa shape index (κ1) is 27.0. The van der Waals surface area contributed by atoms with Gasteiger partial charge in [0.05, 0.1) is 16.6 Å². The molecular weight excluding hydrogens is 634 g/mol. The summed E-state index contributed by atoms with van der Waals surface area (Å²) >= 11 is 11.7. The molecule has 1 aromatic heterocycles. The van der Waals surface area contributed by atoms with Gasteiger partial charge in [0.25, 0.3) is 0 Å². The predicted octanol–water partition coefficient (Wildman–Crippen LogP) is 6.07. The number of thiazole rings is 1. The van der Waals surface area contributed by atoms with Gasteiger partial charge in [-0.2, -0.15) is 0 Å². The number of rotatable bonds is 5. The second-order valence-corrected chi connectivity index (χ2v) is 13.1. The third-order valence-corrected chi connectivity index (χ3v) is 10.4. The Hall–Kier alpha value is -3.18. The van der Waals surface area contributed by atoms with Gasteiger partial charge >= 0.3 is 4.87 Å². The Kier molecular flexibility index (Phi) is 7.20. The number of amides is 3. The molecule has 202 valence electrons. The molecule has 2 aliphatic heterocycles. The Balaban J connectivity index is 1.40. The van der Waals surface area contributed by atoms with E-state index in [1.54, 1.807) is 36.4 Å². The summed E-state index contributed by atoms with van der Waals surface area (Å²) in [5.74, 6) is -2.28. The molecule has 3 atom stereocenters. The highest BCUT2D eigenvalue weighted by molar-refractivity contribution is 9.10. The number of halogens is 2. The Morgan fingerprint density at radius 3 is 2.30 bits per heavy atom. The summed E-state index contributed by atoms with van der Waals surface area (Å²) < 4.78 is 2.28. The third-order valence-electron chi connectivity index (χ3n) is 7.00. The van der Waals surface area contributed by atoms with E-state index in [0.29, 0.717) is 26.3 Å². The van der Waals surface area contributed by atoms with E-state index in [9.17, 15) is 19.2 Å². The third kappa shape index (κ3) is 4.83. The van der Waals surface area contributed by atoms with E-state index in [-0.39, 0.29) is 29.1 Å². The summed E-state index contributed by atoms with van der Waals surface area (Å²) in [5.41, 5.74) is 2.95. The van der Waals surface area contributed by atoms with Gasteiger partial charge in [0.2, 0.25) is 17.7 Å². The zero-order valence-electron chi connectivity index (χ0n) is 21.0. The summed E-state index contributed by atoms with van der Waals surface area (Å²) in [7, 11) is 0. The van der Waals surface area contributed by atoms with Crippen molar-refractivity contribution >= 4 is 79.7 Å². The van der Waals surface area contributed by atoms with Gasteiger partial charge in [-0.3, -0.25) is 23.7 Å². The van der Waals surface area contributed by atoms with E-state index >= 15 is 0 Å². The standard InChI is InChI=1S/C29H21BrClN3O4S2/c1-15-2-10-19(11-3-15)32-21(35)14-33-28-25(40-29(33)38)22(16-4-6-17(30)7-5-16)23-24(39-28)27(37)34(26(23)36)20-12-8-18(31)9-13-20/h2-13,22-24H,14H2,1H3,(H,32,35)/t22-,23?,24?/m1/s1. The fourth-order valence-corrected chi connectivity index (χ4v) is 8.27. The zero-order valence-corrected chi connectivity index (χ0v) is 24.9. The molecule has 7 nitrogen and oxygen atoms in total. The average molecular weight is 655 g/mol. The smallest absolute Gasteiger partial charge is 0.308 e. The number of hydrogen-bond donors (Lipinski definition) is 1. The van der Waals surface area contributed by atoms with Gasteiger partial charge in [-0.05, 0) is 61.0 Å². The molecule has 0 aliphatic carbocycles. The topological polar surface area (TPSA) is 88.5 Å². The van der Waals surface area contributed by atoms with Crippen LogP contribution >= 0.6 is 50.6 Å². The SMILES string of the molecule is Cc1ccc(NC(=O)Cn2c3c(sc2=O)[C@H](c2ccc(Br)cc2)C2C(=O)N(c4ccc(Cl)cc4)C(=O)C2S3)cc1. The largest absolute Gasteiger partial charge is 0.325 e. The molecule has 1 fully saturated rings. The first-order chi connectivity index (χ1) is 19.2. The minimum Gasteiger partial charge on any atom is -0.325 e. The second-order valence-electron chi connectivity index (χ2n) is 9.62. The maximum Gasteiger partial charge on any atom is 0.308 e. The Labute approximate surface area is 251 Å². The van der Waals surface area contributed by atoms with Crippen LogP contribution in [0.1, 0.15) is 21.9 Å². The number of anilines is 2. The lowest BCUT2D eigenvalue weighted by Gasteiger charge is -2.30. The number of carbonyl (C=O) groups is 3. The van der Waals surface area contributed by atoms with Crippen LogP contribution in [-0.4, -0.2) is 27.5 Å². The van der Waals surface area contributed by atoms with Crippen LogP contribution in [0.4, 0.5) is 11.4 Å². The summed E-state index contributed by atoms with van der Waals surface area (Å²) in [6, 6.07) is 21.5. The molecule has 1 N–H and O–H groups in total. The van der Waals surface area contributed by atoms with Crippen LogP contribution < -0.4 is 15.1 Å². The lowest BCUT2D eigenvalue weighted by atomic mass is 9.83. The second kappa shape index (κ2) is 10.7. The van der Waals surface area contributed by atoms with Crippen molar-refractivity contribution in [3.63, 3.8) is 0 Å². The molecule has 4 aromatic rings. The quantitative estimate of drug-likeness (QED) is 0.264. The Bertz CT molecular complexity index is 1700. The van der Waals surface area contributed by atoms with E-state index in [1.165, 1.54) is 21.2 Å². The van der Waals surface area contributed by atoms with Gasteiger partial charge in [-0.15, -0.1) is 0 Å². The fraction of sp³-hybridized carbons (Fsp3) is 0.172. The normalized spacial score (nSPS) is 19.9. The van der Waals surface area contributed by atoms with Crippen LogP contribution in [0, 0.1) is 12.8 Å². The average Bonchev–Trinajstić information content (AvgIpc) is 3.37. The minimum atomic E-state index is -0.760. The fourth-order valence-electron chi connectivity index (χ4n) is 5.11. The van der Waals surface area contributed by atoms with E-state index in [4.69, 9.17) is 11.6 Å². The van der Waals surface area contributed by atoms with Crippen LogP contribution in [0.3, 0.4) is 0 Å². The molecule has 2 aliphatic rings. The van der Waals surface area contributed by atoms with Gasteiger partial charge < -0.3 is 5.32 Å². The molecule has 0 bridgehead atoms. The number of carbonyl (C=O) groups excluding carboxylic acids is 3. The number of aromatic nitrogens is 1. The highest BCUT2D eigenvalue weighted by Gasteiger charge is 2.56. The summed E-state index contributed by atoms with van der Waals surface area (Å²) in [6.07, 6.45) is 0. The molecule has 0 saturated carbocycles. The van der Waals surface area contributed by atoms with Crippen molar-refractivity contribution in [3.8, 4) is 0 Å². The monoisotopic (exact) mass is 653 g/mol. The van der Waals surface area contributed by atoms with Gasteiger partial charge in [0.15, 0.2) is 0 Å². The first-order valence-electron chi connectivity index (χ1n) is 12.4. The van der Waals surface area contributed by atoms with Crippen LogP contribution in [0.5, 0.6) is 0 Å². The van der Waals surface area contributed by atoms with Crippen molar-refractivity contribution in [1.29, 1.82) is 0 Å². The Morgan fingerprint density at radius 1 is 0.950 bits per heavy atom. The molecule has 3 amide bonds. The molecule has 2 unspecified atom stereocenters. The van der Waals surface area contributed by atoms with E-state index < -0.39 is 17.1 Å². The molecule has 0 radical (unpaired) electrons. The van der Waals surface area contributed by atoms with Crippen molar-refractivity contribution in [2.45, 2.75) is 29.7 Å². The lowest BCUT2D eigenvalue weighted by molar-refractivity contribution is -0.122. The maximum atomic E-state index is 13.9.